The second-order valence-corrected chi connectivity index (χ2v) is 6.51. The molecule has 0 radical (unpaired) electrons. The van der Waals surface area contributed by atoms with Crippen LogP contribution < -0.4 is 10.3 Å². The Balaban J connectivity index is 1.91. The highest BCUT2D eigenvalue weighted by Gasteiger charge is 2.17. The van der Waals surface area contributed by atoms with Crippen LogP contribution in [0.3, 0.4) is 0 Å². The summed E-state index contributed by atoms with van der Waals surface area (Å²) in [7, 11) is 0. The number of anilines is 1. The topological polar surface area (TPSA) is 55.6 Å². The molecular weight excluding hydrogens is 372 g/mol. The number of nitrogens with zero attached hydrogens (tertiary/aromatic N) is 2. The first-order valence-electron chi connectivity index (χ1n) is 7.74. The van der Waals surface area contributed by atoms with Crippen molar-refractivity contribution in [3.05, 3.63) is 57.3 Å². The molecule has 1 aromatic carbocycles. The minimum absolute atomic E-state index is 0.0467. The summed E-state index contributed by atoms with van der Waals surface area (Å²) in [6.07, 6.45) is 1.72. The maximum atomic E-state index is 12.5. The number of halogens is 1. The van der Waals surface area contributed by atoms with Crippen LogP contribution in [0.5, 0.6) is 0 Å². The first-order chi connectivity index (χ1) is 11.7. The van der Waals surface area contributed by atoms with Gasteiger partial charge in [-0.25, -0.2) is 0 Å². The summed E-state index contributed by atoms with van der Waals surface area (Å²) in [4.78, 5) is 19.0. The molecule has 0 bridgehead atoms. The van der Waals surface area contributed by atoms with E-state index in [0.717, 1.165) is 15.7 Å². The van der Waals surface area contributed by atoms with Crippen LogP contribution in [0.1, 0.15) is 0 Å². The number of benzene rings is 1. The van der Waals surface area contributed by atoms with Crippen LogP contribution in [0.2, 0.25) is 0 Å². The van der Waals surface area contributed by atoms with Gasteiger partial charge in [-0.1, -0.05) is 22.0 Å². The molecule has 0 unspecified atom stereocenters. The average molecular weight is 387 g/mol. The lowest BCUT2D eigenvalue weighted by Crippen LogP contribution is -2.36. The summed E-state index contributed by atoms with van der Waals surface area (Å²) in [5.74, 6) is 0.582. The lowest BCUT2D eigenvalue weighted by atomic mass is 10.1. The molecule has 1 fully saturated rings. The van der Waals surface area contributed by atoms with E-state index >= 15 is 0 Å². The largest absolute Gasteiger partial charge is 0.440 e. The van der Waals surface area contributed by atoms with Crippen LogP contribution >= 0.6 is 15.9 Å². The van der Waals surface area contributed by atoms with Crippen molar-refractivity contribution in [3.63, 3.8) is 0 Å². The summed E-state index contributed by atoms with van der Waals surface area (Å²) in [5, 5.41) is 0.561. The number of aromatic nitrogens is 1. The highest BCUT2D eigenvalue weighted by atomic mass is 79.9. The Morgan fingerprint density at radius 3 is 2.75 bits per heavy atom. The zero-order valence-electron chi connectivity index (χ0n) is 12.9. The average Bonchev–Trinajstić information content (AvgIpc) is 2.62. The van der Waals surface area contributed by atoms with E-state index in [1.807, 2.05) is 29.2 Å². The maximum Gasteiger partial charge on any atom is 0.200 e. The van der Waals surface area contributed by atoms with Gasteiger partial charge in [0.25, 0.3) is 0 Å². The summed E-state index contributed by atoms with van der Waals surface area (Å²) in [5.41, 5.74) is 2.09. The summed E-state index contributed by atoms with van der Waals surface area (Å²) in [6, 6.07) is 10.9. The molecule has 6 heteroatoms. The molecular formula is C18H15BrN2O3. The van der Waals surface area contributed by atoms with Crippen LogP contribution in [0.15, 0.2) is 56.3 Å². The SMILES string of the molecule is O=c1cc(N2CCOCC2)oc2c(-c3cc(Br)ccn3)cccc12. The molecule has 0 aliphatic carbocycles. The van der Waals surface area contributed by atoms with Gasteiger partial charge in [0, 0.05) is 35.4 Å². The van der Waals surface area contributed by atoms with Gasteiger partial charge in [-0.15, -0.1) is 0 Å². The van der Waals surface area contributed by atoms with Gasteiger partial charge in [0.15, 0.2) is 11.3 Å². The third-order valence-corrected chi connectivity index (χ3v) is 4.56. The first kappa shape index (κ1) is 15.4. The van der Waals surface area contributed by atoms with Crippen molar-refractivity contribution < 1.29 is 9.15 Å². The standard InChI is InChI=1S/C18H15BrN2O3/c19-12-4-5-20-15(10-12)13-2-1-3-14-16(22)11-17(24-18(13)14)21-6-8-23-9-7-21/h1-5,10-11H,6-9H2. The molecule has 122 valence electrons. The van der Waals surface area contributed by atoms with Crippen molar-refractivity contribution in [1.82, 2.24) is 4.98 Å². The summed E-state index contributed by atoms with van der Waals surface area (Å²) in [6.45, 7) is 2.70. The fourth-order valence-electron chi connectivity index (χ4n) is 2.86. The Hall–Kier alpha value is -2.18. The Morgan fingerprint density at radius 1 is 1.12 bits per heavy atom. The number of hydrogen-bond acceptors (Lipinski definition) is 5. The van der Waals surface area contributed by atoms with Gasteiger partial charge in [0.05, 0.1) is 24.3 Å². The zero-order valence-corrected chi connectivity index (χ0v) is 14.5. The van der Waals surface area contributed by atoms with Crippen molar-refractivity contribution in [3.8, 4) is 11.3 Å². The normalized spacial score (nSPS) is 15.0. The van der Waals surface area contributed by atoms with E-state index in [9.17, 15) is 4.79 Å². The van der Waals surface area contributed by atoms with E-state index in [1.54, 1.807) is 18.3 Å². The highest BCUT2D eigenvalue weighted by molar-refractivity contribution is 9.10. The Kier molecular flexibility index (Phi) is 4.08. The van der Waals surface area contributed by atoms with Crippen LogP contribution in [-0.2, 0) is 4.74 Å². The highest BCUT2D eigenvalue weighted by Crippen LogP contribution is 2.30. The van der Waals surface area contributed by atoms with Gasteiger partial charge in [-0.05, 0) is 24.3 Å². The monoisotopic (exact) mass is 386 g/mol. The van der Waals surface area contributed by atoms with Crippen molar-refractivity contribution in [2.75, 3.05) is 31.2 Å². The number of hydrogen-bond donors (Lipinski definition) is 0. The molecule has 24 heavy (non-hydrogen) atoms. The van der Waals surface area contributed by atoms with E-state index in [-0.39, 0.29) is 5.43 Å². The molecule has 0 saturated carbocycles. The molecule has 5 nitrogen and oxygen atoms in total. The number of fused-ring (bicyclic) bond motifs is 1. The van der Waals surface area contributed by atoms with E-state index in [1.165, 1.54) is 0 Å². The molecule has 1 aliphatic rings. The minimum Gasteiger partial charge on any atom is -0.440 e. The molecule has 4 rings (SSSR count). The number of pyridine rings is 1. The molecule has 3 heterocycles. The van der Waals surface area contributed by atoms with Gasteiger partial charge >= 0.3 is 0 Å². The molecule has 0 atom stereocenters. The minimum atomic E-state index is -0.0467. The number of morpholine rings is 1. The molecule has 2 aromatic heterocycles. The van der Waals surface area contributed by atoms with E-state index in [4.69, 9.17) is 9.15 Å². The lowest BCUT2D eigenvalue weighted by molar-refractivity contribution is 0.121. The molecule has 1 aliphatic heterocycles. The number of ether oxygens (including phenoxy) is 1. The summed E-state index contributed by atoms with van der Waals surface area (Å²) < 4.78 is 12.4. The van der Waals surface area contributed by atoms with Gasteiger partial charge in [0.2, 0.25) is 0 Å². The van der Waals surface area contributed by atoms with E-state index in [2.05, 4.69) is 20.9 Å². The Bertz CT molecular complexity index is 948. The Labute approximate surface area is 147 Å². The van der Waals surface area contributed by atoms with Gasteiger partial charge in [-0.3, -0.25) is 9.78 Å². The second kappa shape index (κ2) is 6.37. The van der Waals surface area contributed by atoms with Crippen LogP contribution in [0.4, 0.5) is 5.88 Å². The van der Waals surface area contributed by atoms with E-state index < -0.39 is 0 Å². The fraction of sp³-hybridized carbons (Fsp3) is 0.222. The van der Waals surface area contributed by atoms with E-state index in [0.29, 0.717) is 43.2 Å². The third kappa shape index (κ3) is 2.83. The van der Waals surface area contributed by atoms with Crippen molar-refractivity contribution in [2.24, 2.45) is 0 Å². The van der Waals surface area contributed by atoms with Crippen molar-refractivity contribution >= 4 is 32.8 Å². The molecule has 3 aromatic rings. The van der Waals surface area contributed by atoms with Crippen LogP contribution in [0, 0.1) is 0 Å². The Morgan fingerprint density at radius 2 is 1.96 bits per heavy atom. The van der Waals surface area contributed by atoms with Gasteiger partial charge in [0.1, 0.15) is 5.58 Å². The molecule has 0 spiro atoms. The molecule has 1 saturated heterocycles. The predicted molar refractivity (Wildman–Crippen MR) is 96.4 cm³/mol. The lowest BCUT2D eigenvalue weighted by Gasteiger charge is -2.27. The molecule has 0 amide bonds. The number of rotatable bonds is 2. The first-order valence-corrected chi connectivity index (χ1v) is 8.53. The molecule has 0 N–H and O–H groups in total. The summed E-state index contributed by atoms with van der Waals surface area (Å²) >= 11 is 3.46. The predicted octanol–water partition coefficient (Wildman–Crippen LogP) is 3.45. The van der Waals surface area contributed by atoms with Gasteiger partial charge < -0.3 is 14.1 Å². The van der Waals surface area contributed by atoms with Crippen LogP contribution in [-0.4, -0.2) is 31.3 Å². The quantitative estimate of drug-likeness (QED) is 0.674. The van der Waals surface area contributed by atoms with Crippen molar-refractivity contribution in [1.29, 1.82) is 0 Å². The van der Waals surface area contributed by atoms with Crippen LogP contribution in [0.25, 0.3) is 22.2 Å². The third-order valence-electron chi connectivity index (χ3n) is 4.06. The van der Waals surface area contributed by atoms with Gasteiger partial charge in [-0.2, -0.15) is 0 Å². The van der Waals surface area contributed by atoms with Crippen molar-refractivity contribution in [2.45, 2.75) is 0 Å². The zero-order chi connectivity index (χ0) is 16.5. The number of para-hydroxylation sites is 1. The fourth-order valence-corrected chi connectivity index (χ4v) is 3.19. The smallest absolute Gasteiger partial charge is 0.200 e. The second-order valence-electron chi connectivity index (χ2n) is 5.59. The maximum absolute atomic E-state index is 12.5.